The zero-order chi connectivity index (χ0) is 16.9. The van der Waals surface area contributed by atoms with Crippen molar-refractivity contribution >= 4 is 34.2 Å². The van der Waals surface area contributed by atoms with E-state index < -0.39 is 34.2 Å². The van der Waals surface area contributed by atoms with Crippen molar-refractivity contribution in [3.8, 4) is 0 Å². The molecule has 0 fully saturated rings. The Hall–Kier alpha value is -0.372. The highest BCUT2D eigenvalue weighted by Gasteiger charge is 2.46. The SMILES string of the molecule is C=C[Si](C)(O)O[Si](C)(C=C)O[Si](C)(C=C)O[Si](C)(O)C=C. The van der Waals surface area contributed by atoms with Crippen molar-refractivity contribution in [3.05, 3.63) is 49.1 Å². The Balaban J connectivity index is 5.31. The molecule has 0 rings (SSSR count). The Labute approximate surface area is 131 Å². The van der Waals surface area contributed by atoms with Crippen molar-refractivity contribution in [2.75, 3.05) is 0 Å². The first-order valence-electron chi connectivity index (χ1n) is 6.46. The van der Waals surface area contributed by atoms with Gasteiger partial charge in [0, 0.05) is 0 Å². The van der Waals surface area contributed by atoms with Crippen molar-refractivity contribution in [2.45, 2.75) is 26.2 Å². The van der Waals surface area contributed by atoms with Crippen LogP contribution in [0.1, 0.15) is 0 Å². The van der Waals surface area contributed by atoms with E-state index >= 15 is 0 Å². The molecule has 0 aliphatic rings. The monoisotopic (exact) mass is 362 g/mol. The fourth-order valence-corrected chi connectivity index (χ4v) is 14.4. The van der Waals surface area contributed by atoms with Crippen molar-refractivity contribution in [1.82, 2.24) is 0 Å². The second kappa shape index (κ2) is 7.26. The van der Waals surface area contributed by atoms with E-state index in [-0.39, 0.29) is 0 Å². The summed E-state index contributed by atoms with van der Waals surface area (Å²) in [7, 11) is -11.8. The highest BCUT2D eigenvalue weighted by Crippen LogP contribution is 2.24. The van der Waals surface area contributed by atoms with Gasteiger partial charge in [-0.05, 0) is 26.2 Å². The van der Waals surface area contributed by atoms with E-state index in [9.17, 15) is 9.59 Å². The van der Waals surface area contributed by atoms with Gasteiger partial charge in [0.05, 0.1) is 0 Å². The molecular weight excluding hydrogens is 336 g/mol. The predicted octanol–water partition coefficient (Wildman–Crippen LogP) is 2.21. The van der Waals surface area contributed by atoms with Crippen LogP contribution in [0.25, 0.3) is 0 Å². The van der Waals surface area contributed by atoms with E-state index in [0.29, 0.717) is 0 Å². The third-order valence-electron chi connectivity index (χ3n) is 2.72. The van der Waals surface area contributed by atoms with Crippen LogP contribution in [-0.2, 0) is 12.3 Å². The molecule has 0 saturated carbocycles. The fourth-order valence-electron chi connectivity index (χ4n) is 1.51. The van der Waals surface area contributed by atoms with E-state index in [2.05, 4.69) is 26.3 Å². The zero-order valence-corrected chi connectivity index (χ0v) is 17.3. The average Bonchev–Trinajstić information content (AvgIpc) is 2.37. The molecule has 0 aliphatic heterocycles. The molecule has 0 aromatic rings. The van der Waals surface area contributed by atoms with Gasteiger partial charge in [-0.1, -0.05) is 22.8 Å². The summed E-state index contributed by atoms with van der Waals surface area (Å²) in [6.07, 6.45) is 0. The first kappa shape index (κ1) is 20.6. The molecule has 0 bridgehead atoms. The normalized spacial score (nSPS) is 22.8. The molecule has 0 amide bonds. The van der Waals surface area contributed by atoms with Crippen LogP contribution in [0.15, 0.2) is 49.1 Å². The maximum Gasteiger partial charge on any atom is 0.349 e. The highest BCUT2D eigenvalue weighted by molar-refractivity contribution is 6.92. The number of hydrogen-bond acceptors (Lipinski definition) is 5. The molecule has 0 radical (unpaired) electrons. The van der Waals surface area contributed by atoms with E-state index in [1.807, 2.05) is 0 Å². The Kier molecular flexibility index (Phi) is 7.13. The van der Waals surface area contributed by atoms with Crippen molar-refractivity contribution in [3.63, 3.8) is 0 Å². The van der Waals surface area contributed by atoms with Crippen molar-refractivity contribution in [2.24, 2.45) is 0 Å². The molecular formula is C12H26O5Si4. The van der Waals surface area contributed by atoms with Crippen LogP contribution in [-0.4, -0.2) is 43.8 Å². The molecule has 5 nitrogen and oxygen atoms in total. The first-order valence-corrected chi connectivity index (χ1v) is 16.1. The maximum absolute atomic E-state index is 10.1. The maximum atomic E-state index is 10.1. The molecule has 0 heterocycles. The summed E-state index contributed by atoms with van der Waals surface area (Å²) in [6.45, 7) is 21.3. The average molecular weight is 363 g/mol. The summed E-state index contributed by atoms with van der Waals surface area (Å²) in [5.41, 5.74) is 5.96. The van der Waals surface area contributed by atoms with E-state index in [4.69, 9.17) is 12.3 Å². The van der Waals surface area contributed by atoms with Gasteiger partial charge in [0.15, 0.2) is 0 Å². The number of hydrogen-bond donors (Lipinski definition) is 2. The second-order valence-corrected chi connectivity index (χ2v) is 17.6. The van der Waals surface area contributed by atoms with Gasteiger partial charge in [0.1, 0.15) is 0 Å². The van der Waals surface area contributed by atoms with Crippen LogP contribution in [0.4, 0.5) is 0 Å². The third kappa shape index (κ3) is 6.95. The van der Waals surface area contributed by atoms with E-state index in [1.165, 1.54) is 11.4 Å². The Morgan fingerprint density at radius 1 is 0.619 bits per heavy atom. The van der Waals surface area contributed by atoms with Gasteiger partial charge in [-0.25, -0.2) is 0 Å². The Morgan fingerprint density at radius 2 is 0.905 bits per heavy atom. The lowest BCUT2D eigenvalue weighted by molar-refractivity contribution is 0.290. The minimum Gasteiger partial charge on any atom is -0.410 e. The smallest absolute Gasteiger partial charge is 0.349 e. The summed E-state index contributed by atoms with van der Waals surface area (Å²) >= 11 is 0. The lowest BCUT2D eigenvalue weighted by Crippen LogP contribution is -2.58. The van der Waals surface area contributed by atoms with Crippen LogP contribution in [0.3, 0.4) is 0 Å². The van der Waals surface area contributed by atoms with Crippen LogP contribution in [0, 0.1) is 0 Å². The van der Waals surface area contributed by atoms with Gasteiger partial charge in [-0.15, -0.1) is 26.3 Å². The standard InChI is InChI=1S/C12H26O5Si4/c1-9-18(5,13)15-20(7,11-3)17-21(8,12-4)16-19(6,14)10-2/h9-14H,1-4H2,5-8H3. The van der Waals surface area contributed by atoms with Crippen LogP contribution < -0.4 is 0 Å². The van der Waals surface area contributed by atoms with Crippen molar-refractivity contribution in [1.29, 1.82) is 0 Å². The van der Waals surface area contributed by atoms with Gasteiger partial charge in [-0.2, -0.15) is 0 Å². The zero-order valence-electron chi connectivity index (χ0n) is 13.3. The fraction of sp³-hybridized carbons (Fsp3) is 0.333. The quantitative estimate of drug-likeness (QED) is 0.583. The van der Waals surface area contributed by atoms with Gasteiger partial charge in [0.2, 0.25) is 0 Å². The lowest BCUT2D eigenvalue weighted by Gasteiger charge is -2.38. The summed E-state index contributed by atoms with van der Waals surface area (Å²) in [5.74, 6) is 0. The largest absolute Gasteiger partial charge is 0.410 e. The number of rotatable bonds is 10. The summed E-state index contributed by atoms with van der Waals surface area (Å²) in [6, 6.07) is 0. The molecule has 9 heteroatoms. The molecule has 2 N–H and O–H groups in total. The lowest BCUT2D eigenvalue weighted by atomic mass is 11.3. The summed E-state index contributed by atoms with van der Waals surface area (Å²) < 4.78 is 17.6. The van der Waals surface area contributed by atoms with Gasteiger partial charge >= 0.3 is 34.2 Å². The Morgan fingerprint density at radius 3 is 1.10 bits per heavy atom. The molecule has 0 spiro atoms. The van der Waals surface area contributed by atoms with Crippen LogP contribution >= 0.6 is 0 Å². The summed E-state index contributed by atoms with van der Waals surface area (Å²) in [5, 5.41) is 0. The first-order chi connectivity index (χ1) is 9.36. The summed E-state index contributed by atoms with van der Waals surface area (Å²) in [4.78, 5) is 20.3. The Bertz CT molecular complexity index is 388. The van der Waals surface area contributed by atoms with Crippen LogP contribution in [0.5, 0.6) is 0 Å². The minimum absolute atomic E-state index is 1.41. The molecule has 4 atom stereocenters. The molecule has 120 valence electrons. The molecule has 21 heavy (non-hydrogen) atoms. The molecule has 0 aromatic heterocycles. The molecule has 4 unspecified atom stereocenters. The third-order valence-corrected chi connectivity index (χ3v) is 15.5. The van der Waals surface area contributed by atoms with Gasteiger partial charge < -0.3 is 21.9 Å². The highest BCUT2D eigenvalue weighted by atomic mass is 28.5. The molecule has 0 aromatic carbocycles. The predicted molar refractivity (Wildman–Crippen MR) is 95.0 cm³/mol. The van der Waals surface area contributed by atoms with Gasteiger partial charge in [0.25, 0.3) is 0 Å². The minimum atomic E-state index is -3.02. The van der Waals surface area contributed by atoms with Gasteiger partial charge in [-0.3, -0.25) is 0 Å². The second-order valence-electron chi connectivity index (χ2n) is 5.26. The van der Waals surface area contributed by atoms with E-state index in [1.54, 1.807) is 37.6 Å². The molecule has 0 saturated heterocycles. The topological polar surface area (TPSA) is 68.2 Å². The molecule has 0 aliphatic carbocycles. The van der Waals surface area contributed by atoms with Crippen molar-refractivity contribution < 1.29 is 21.9 Å². The van der Waals surface area contributed by atoms with E-state index in [0.717, 1.165) is 0 Å². The van der Waals surface area contributed by atoms with Crippen LogP contribution in [0.2, 0.25) is 26.2 Å².